The zero-order valence-corrected chi connectivity index (χ0v) is 8.26. The van der Waals surface area contributed by atoms with E-state index in [1.165, 1.54) is 0 Å². The maximum atomic E-state index is 5.32. The molecule has 13 heavy (non-hydrogen) atoms. The third kappa shape index (κ3) is 3.13. The minimum atomic E-state index is 0.570. The quantitative estimate of drug-likeness (QED) is 0.428. The van der Waals surface area contributed by atoms with Gasteiger partial charge in [-0.25, -0.2) is 0 Å². The van der Waals surface area contributed by atoms with E-state index >= 15 is 0 Å². The van der Waals surface area contributed by atoms with Crippen LogP contribution in [0.3, 0.4) is 0 Å². The van der Waals surface area contributed by atoms with Gasteiger partial charge in [-0.1, -0.05) is 37.1 Å². The highest BCUT2D eigenvalue weighted by molar-refractivity contribution is 7.81. The van der Waals surface area contributed by atoms with Gasteiger partial charge in [0.1, 0.15) is 0 Å². The van der Waals surface area contributed by atoms with E-state index in [2.05, 4.69) is 24.1 Å². The Morgan fingerprint density at radius 3 is 2.92 bits per heavy atom. The fourth-order valence-electron chi connectivity index (χ4n) is 1.01. The summed E-state index contributed by atoms with van der Waals surface area (Å²) < 4.78 is 8.13. The van der Waals surface area contributed by atoms with E-state index in [0.29, 0.717) is 13.2 Å². The lowest BCUT2D eigenvalue weighted by Gasteiger charge is -2.07. The summed E-state index contributed by atoms with van der Waals surface area (Å²) in [5.41, 5.74) is 2.08. The molecule has 0 unspecified atom stereocenters. The van der Waals surface area contributed by atoms with Crippen LogP contribution >= 0.6 is 12.8 Å². The fraction of sp³-hybridized carbons (Fsp3) is 0.200. The van der Waals surface area contributed by atoms with Crippen LogP contribution in [-0.4, -0.2) is 6.61 Å². The van der Waals surface area contributed by atoms with Crippen LogP contribution in [0.4, 0.5) is 5.69 Å². The van der Waals surface area contributed by atoms with Gasteiger partial charge in [0.15, 0.2) is 0 Å². The van der Waals surface area contributed by atoms with Gasteiger partial charge in [0, 0.05) is 11.3 Å². The molecule has 0 saturated heterocycles. The van der Waals surface area contributed by atoms with Crippen LogP contribution in [0.1, 0.15) is 5.56 Å². The molecule has 1 aromatic carbocycles. The molecule has 0 heterocycles. The Balaban J connectivity index is 2.58. The highest BCUT2D eigenvalue weighted by Gasteiger charge is 1.98. The Morgan fingerprint density at radius 1 is 1.46 bits per heavy atom. The molecule has 0 radical (unpaired) electrons. The third-order valence-electron chi connectivity index (χ3n) is 1.63. The zero-order valence-electron chi connectivity index (χ0n) is 7.36. The van der Waals surface area contributed by atoms with Crippen molar-refractivity contribution in [1.29, 1.82) is 0 Å². The maximum Gasteiger partial charge on any atom is 0.0741 e. The van der Waals surface area contributed by atoms with Gasteiger partial charge >= 0.3 is 0 Å². The molecular weight excluding hydrogens is 182 g/mol. The molecule has 0 saturated carbocycles. The molecule has 1 rings (SSSR count). The molecule has 1 N–H and O–H groups in total. The van der Waals surface area contributed by atoms with Crippen LogP contribution in [0, 0.1) is 0 Å². The van der Waals surface area contributed by atoms with E-state index < -0.39 is 0 Å². The van der Waals surface area contributed by atoms with Crippen molar-refractivity contribution in [3.63, 3.8) is 0 Å². The van der Waals surface area contributed by atoms with Crippen molar-refractivity contribution in [2.45, 2.75) is 6.61 Å². The van der Waals surface area contributed by atoms with Gasteiger partial charge in [-0.05, 0) is 6.07 Å². The number of benzene rings is 1. The van der Waals surface area contributed by atoms with Crippen molar-refractivity contribution in [2.24, 2.45) is 0 Å². The number of hydrogen-bond donors (Lipinski definition) is 2. The first-order valence-electron chi connectivity index (χ1n) is 4.05. The molecule has 0 aliphatic rings. The number of para-hydroxylation sites is 1. The van der Waals surface area contributed by atoms with Gasteiger partial charge in [0.25, 0.3) is 0 Å². The van der Waals surface area contributed by atoms with E-state index in [0.717, 1.165) is 11.3 Å². The monoisotopic (exact) mass is 195 g/mol. The lowest BCUT2D eigenvalue weighted by molar-refractivity contribution is 0.149. The second-order valence-electron chi connectivity index (χ2n) is 2.57. The first-order valence-corrected chi connectivity index (χ1v) is 4.50. The van der Waals surface area contributed by atoms with Crippen LogP contribution in [0.15, 0.2) is 36.9 Å². The second kappa shape index (κ2) is 5.67. The molecule has 3 heteroatoms. The summed E-state index contributed by atoms with van der Waals surface area (Å²) in [5, 5.41) is 0. The fourth-order valence-corrected chi connectivity index (χ4v) is 1.23. The molecule has 0 fully saturated rings. The standard InChI is InChI=1S/C10H13NOS/c1-2-7-12-8-9-5-3-4-6-10(9)11-13/h2-6,11,13H,1,7-8H2. The van der Waals surface area contributed by atoms with Gasteiger partial charge < -0.3 is 9.46 Å². The molecule has 0 atom stereocenters. The lowest BCUT2D eigenvalue weighted by atomic mass is 10.2. The highest BCUT2D eigenvalue weighted by atomic mass is 32.1. The Morgan fingerprint density at radius 2 is 2.23 bits per heavy atom. The van der Waals surface area contributed by atoms with E-state index in [9.17, 15) is 0 Å². The minimum Gasteiger partial charge on any atom is -0.373 e. The summed E-state index contributed by atoms with van der Waals surface area (Å²) in [6.45, 7) is 4.73. The third-order valence-corrected chi connectivity index (χ3v) is 1.87. The highest BCUT2D eigenvalue weighted by Crippen LogP contribution is 2.16. The van der Waals surface area contributed by atoms with Crippen molar-refractivity contribution >= 4 is 18.5 Å². The molecule has 0 bridgehead atoms. The Labute approximate surface area is 84.2 Å². The SMILES string of the molecule is C=CCOCc1ccccc1NS. The molecule has 2 nitrogen and oxygen atoms in total. The smallest absolute Gasteiger partial charge is 0.0741 e. The summed E-state index contributed by atoms with van der Waals surface area (Å²) in [6, 6.07) is 7.89. The summed E-state index contributed by atoms with van der Waals surface area (Å²) in [7, 11) is 0. The average Bonchev–Trinajstić information content (AvgIpc) is 2.19. The number of rotatable bonds is 5. The van der Waals surface area contributed by atoms with Crippen molar-refractivity contribution in [1.82, 2.24) is 0 Å². The second-order valence-corrected chi connectivity index (χ2v) is 2.80. The van der Waals surface area contributed by atoms with Gasteiger partial charge in [-0.2, -0.15) is 0 Å². The molecule has 70 valence electrons. The normalized spacial score (nSPS) is 9.62. The van der Waals surface area contributed by atoms with Crippen LogP contribution in [-0.2, 0) is 11.3 Å². The largest absolute Gasteiger partial charge is 0.373 e. The predicted octanol–water partition coefficient (Wildman–Crippen LogP) is 2.65. The van der Waals surface area contributed by atoms with Crippen LogP contribution in [0.5, 0.6) is 0 Å². The predicted molar refractivity (Wildman–Crippen MR) is 58.9 cm³/mol. The van der Waals surface area contributed by atoms with Crippen molar-refractivity contribution in [3.8, 4) is 0 Å². The van der Waals surface area contributed by atoms with E-state index in [-0.39, 0.29) is 0 Å². The van der Waals surface area contributed by atoms with E-state index in [4.69, 9.17) is 4.74 Å². The number of ether oxygens (including phenoxy) is 1. The first-order chi connectivity index (χ1) is 6.38. The Kier molecular flexibility index (Phi) is 4.43. The minimum absolute atomic E-state index is 0.570. The van der Waals surface area contributed by atoms with Gasteiger partial charge in [-0.15, -0.1) is 6.58 Å². The first kappa shape index (κ1) is 10.2. The molecule has 0 spiro atoms. The van der Waals surface area contributed by atoms with Gasteiger partial charge in [-0.3, -0.25) is 0 Å². The molecule has 1 aromatic rings. The summed E-state index contributed by atoms with van der Waals surface area (Å²) in [5.74, 6) is 0. The van der Waals surface area contributed by atoms with Crippen LogP contribution in [0.25, 0.3) is 0 Å². The summed E-state index contributed by atoms with van der Waals surface area (Å²) in [4.78, 5) is 0. The molecule has 0 aliphatic heterocycles. The lowest BCUT2D eigenvalue weighted by Crippen LogP contribution is -1.95. The zero-order chi connectivity index (χ0) is 9.52. The van der Waals surface area contributed by atoms with Crippen molar-refractivity contribution in [3.05, 3.63) is 42.5 Å². The Bertz CT molecular complexity index is 275. The number of nitrogens with one attached hydrogen (secondary N) is 1. The number of hydrogen-bond acceptors (Lipinski definition) is 3. The molecule has 0 aliphatic carbocycles. The average molecular weight is 195 g/mol. The summed E-state index contributed by atoms with van der Waals surface area (Å²) >= 11 is 4.00. The van der Waals surface area contributed by atoms with Gasteiger partial charge in [0.05, 0.1) is 13.2 Å². The summed E-state index contributed by atoms with van der Waals surface area (Å²) in [6.07, 6.45) is 1.73. The van der Waals surface area contributed by atoms with Gasteiger partial charge in [0.2, 0.25) is 0 Å². The van der Waals surface area contributed by atoms with E-state index in [1.54, 1.807) is 6.08 Å². The topological polar surface area (TPSA) is 21.3 Å². The molecule has 0 amide bonds. The molecular formula is C10H13NOS. The van der Waals surface area contributed by atoms with E-state index in [1.807, 2.05) is 24.3 Å². The number of thiol groups is 1. The molecule has 0 aromatic heterocycles. The van der Waals surface area contributed by atoms with Crippen LogP contribution in [0.2, 0.25) is 0 Å². The Hall–Kier alpha value is -0.930. The number of anilines is 1. The van der Waals surface area contributed by atoms with Crippen LogP contribution < -0.4 is 4.72 Å². The maximum absolute atomic E-state index is 5.32. The van der Waals surface area contributed by atoms with Crippen molar-refractivity contribution in [2.75, 3.05) is 11.3 Å². The van der Waals surface area contributed by atoms with Crippen molar-refractivity contribution < 1.29 is 4.74 Å².